The van der Waals surface area contributed by atoms with Crippen LogP contribution in [0.25, 0.3) is 6.08 Å². The molecule has 0 aliphatic rings. The van der Waals surface area contributed by atoms with Gasteiger partial charge in [-0.2, -0.15) is 0 Å². The van der Waals surface area contributed by atoms with E-state index in [1.807, 2.05) is 13.8 Å². The van der Waals surface area contributed by atoms with Crippen molar-refractivity contribution in [1.82, 2.24) is 24.8 Å². The van der Waals surface area contributed by atoms with E-state index < -0.39 is 0 Å². The third-order valence-corrected chi connectivity index (χ3v) is 4.43. The standard InChI is InChI=1S/C21H22N6O2.C2H6/c1-15-18(5-3-8-24-15)21(29)19-12-23-10-16(19)6-9-27(14-28)13-20-25-11-17(26-20)4-2-7-22;1-2/h3,5-12,14,22-23H,2,4,13H2,1H3,(H,25,26);1-2H3/b9-6-,22-7?;. The lowest BCUT2D eigenvalue weighted by atomic mass is 10.0. The van der Waals surface area contributed by atoms with Gasteiger partial charge in [-0.1, -0.05) is 13.8 Å². The smallest absolute Gasteiger partial charge is 0.214 e. The summed E-state index contributed by atoms with van der Waals surface area (Å²) in [5.74, 6) is 0.522. The summed E-state index contributed by atoms with van der Waals surface area (Å²) in [4.78, 5) is 40.3. The molecule has 0 unspecified atom stereocenters. The minimum atomic E-state index is -0.129. The summed E-state index contributed by atoms with van der Waals surface area (Å²) >= 11 is 0. The van der Waals surface area contributed by atoms with Crippen molar-refractivity contribution in [2.45, 2.75) is 40.2 Å². The number of aromatic amines is 2. The molecular formula is C23H28N6O2. The number of amides is 1. The zero-order valence-electron chi connectivity index (χ0n) is 18.1. The molecule has 8 heteroatoms. The van der Waals surface area contributed by atoms with Crippen LogP contribution in [0.5, 0.6) is 0 Å². The van der Waals surface area contributed by atoms with Crippen LogP contribution in [0.1, 0.15) is 59.0 Å². The Hall–Kier alpha value is -3.81. The Balaban J connectivity index is 0.00000166. The molecule has 0 aliphatic heterocycles. The van der Waals surface area contributed by atoms with E-state index in [-0.39, 0.29) is 12.3 Å². The summed E-state index contributed by atoms with van der Waals surface area (Å²) in [6, 6.07) is 3.48. The molecule has 0 fully saturated rings. The fraction of sp³-hybridized carbons (Fsp3) is 0.261. The van der Waals surface area contributed by atoms with Crippen LogP contribution in [0.4, 0.5) is 0 Å². The second kappa shape index (κ2) is 12.0. The summed E-state index contributed by atoms with van der Waals surface area (Å²) in [5.41, 5.74) is 3.32. The van der Waals surface area contributed by atoms with E-state index in [0.717, 1.165) is 5.69 Å². The summed E-state index contributed by atoms with van der Waals surface area (Å²) in [5, 5.41) is 7.09. The number of pyridine rings is 1. The molecule has 0 aliphatic carbocycles. The Morgan fingerprint density at radius 3 is 2.74 bits per heavy atom. The maximum absolute atomic E-state index is 12.8. The molecular weight excluding hydrogens is 392 g/mol. The van der Waals surface area contributed by atoms with E-state index in [0.29, 0.717) is 47.5 Å². The van der Waals surface area contributed by atoms with Crippen molar-refractivity contribution >= 4 is 24.5 Å². The number of aryl methyl sites for hydroxylation is 2. The van der Waals surface area contributed by atoms with Crippen LogP contribution in [-0.2, 0) is 17.8 Å². The minimum absolute atomic E-state index is 0.129. The molecule has 0 saturated carbocycles. The molecule has 3 aromatic rings. The molecule has 0 saturated heterocycles. The van der Waals surface area contributed by atoms with Crippen LogP contribution >= 0.6 is 0 Å². The molecule has 0 aromatic carbocycles. The number of carbonyl (C=O) groups is 2. The number of nitrogens with one attached hydrogen (secondary N) is 3. The molecule has 1 amide bonds. The maximum atomic E-state index is 12.8. The van der Waals surface area contributed by atoms with Gasteiger partial charge in [0.05, 0.1) is 6.54 Å². The van der Waals surface area contributed by atoms with Gasteiger partial charge in [-0.25, -0.2) is 4.98 Å². The lowest BCUT2D eigenvalue weighted by Gasteiger charge is -2.10. The maximum Gasteiger partial charge on any atom is 0.214 e. The van der Waals surface area contributed by atoms with Crippen LogP contribution < -0.4 is 0 Å². The van der Waals surface area contributed by atoms with Crippen LogP contribution in [0.15, 0.2) is 43.1 Å². The highest BCUT2D eigenvalue weighted by Crippen LogP contribution is 2.17. The summed E-state index contributed by atoms with van der Waals surface area (Å²) in [6.07, 6.45) is 13.4. The molecule has 8 nitrogen and oxygen atoms in total. The summed E-state index contributed by atoms with van der Waals surface area (Å²) < 4.78 is 0. The van der Waals surface area contributed by atoms with Crippen molar-refractivity contribution in [1.29, 1.82) is 5.41 Å². The number of nitrogens with zero attached hydrogens (tertiary/aromatic N) is 3. The van der Waals surface area contributed by atoms with E-state index in [2.05, 4.69) is 19.9 Å². The van der Waals surface area contributed by atoms with Crippen LogP contribution in [-0.4, -0.2) is 43.2 Å². The number of hydrogen-bond acceptors (Lipinski definition) is 5. The number of ketones is 1. The average Bonchev–Trinajstić information content (AvgIpc) is 3.45. The van der Waals surface area contributed by atoms with Crippen molar-refractivity contribution in [2.75, 3.05) is 0 Å². The topological polar surface area (TPSA) is 119 Å². The van der Waals surface area contributed by atoms with E-state index in [1.165, 1.54) is 11.1 Å². The zero-order valence-corrected chi connectivity index (χ0v) is 18.1. The molecule has 3 N–H and O–H groups in total. The first-order valence-corrected chi connectivity index (χ1v) is 10.2. The number of H-pyrrole nitrogens is 2. The average molecular weight is 421 g/mol. The molecule has 3 rings (SSSR count). The molecule has 0 atom stereocenters. The fourth-order valence-electron chi connectivity index (χ4n) is 2.89. The molecule has 31 heavy (non-hydrogen) atoms. The van der Waals surface area contributed by atoms with Gasteiger partial charge in [-0.15, -0.1) is 0 Å². The Kier molecular flexibility index (Phi) is 9.10. The third-order valence-electron chi connectivity index (χ3n) is 4.43. The molecule has 0 spiro atoms. The number of imidazole rings is 1. The predicted octanol–water partition coefficient (Wildman–Crippen LogP) is 3.91. The Morgan fingerprint density at radius 1 is 1.23 bits per heavy atom. The quantitative estimate of drug-likeness (QED) is 0.262. The van der Waals surface area contributed by atoms with Crippen molar-refractivity contribution < 1.29 is 9.59 Å². The van der Waals surface area contributed by atoms with Crippen molar-refractivity contribution in [3.8, 4) is 0 Å². The Labute approximate surface area is 182 Å². The number of rotatable bonds is 10. The minimum Gasteiger partial charge on any atom is -0.366 e. The largest absolute Gasteiger partial charge is 0.366 e. The van der Waals surface area contributed by atoms with E-state index in [9.17, 15) is 9.59 Å². The molecule has 0 bridgehead atoms. The zero-order chi connectivity index (χ0) is 22.6. The molecule has 3 heterocycles. The van der Waals surface area contributed by atoms with Gasteiger partial charge >= 0.3 is 0 Å². The highest BCUT2D eigenvalue weighted by Gasteiger charge is 2.16. The highest BCUT2D eigenvalue weighted by atomic mass is 16.1. The first-order valence-electron chi connectivity index (χ1n) is 10.2. The Bertz CT molecular complexity index is 1030. The predicted molar refractivity (Wildman–Crippen MR) is 121 cm³/mol. The number of hydrogen-bond donors (Lipinski definition) is 3. The third kappa shape index (κ3) is 6.33. The van der Waals surface area contributed by atoms with Gasteiger partial charge in [0.1, 0.15) is 5.82 Å². The van der Waals surface area contributed by atoms with Crippen LogP contribution in [0, 0.1) is 12.3 Å². The normalized spacial score (nSPS) is 10.4. The van der Waals surface area contributed by atoms with E-state index >= 15 is 0 Å². The fourth-order valence-corrected chi connectivity index (χ4v) is 2.89. The van der Waals surface area contributed by atoms with Gasteiger partial charge in [0, 0.05) is 59.1 Å². The lowest BCUT2D eigenvalue weighted by Crippen LogP contribution is -2.15. The van der Waals surface area contributed by atoms with Crippen molar-refractivity contribution in [3.05, 3.63) is 77.0 Å². The van der Waals surface area contributed by atoms with Crippen molar-refractivity contribution in [3.63, 3.8) is 0 Å². The van der Waals surface area contributed by atoms with Gasteiger partial charge in [-0.3, -0.25) is 14.6 Å². The van der Waals surface area contributed by atoms with Gasteiger partial charge < -0.3 is 20.3 Å². The van der Waals surface area contributed by atoms with Gasteiger partial charge in [-0.05, 0) is 44.2 Å². The van der Waals surface area contributed by atoms with E-state index in [4.69, 9.17) is 5.41 Å². The van der Waals surface area contributed by atoms with Gasteiger partial charge in [0.15, 0.2) is 5.78 Å². The Morgan fingerprint density at radius 2 is 2.03 bits per heavy atom. The number of carbonyl (C=O) groups excluding carboxylic acids is 2. The van der Waals surface area contributed by atoms with Gasteiger partial charge in [0.25, 0.3) is 0 Å². The number of aromatic nitrogens is 4. The van der Waals surface area contributed by atoms with E-state index in [1.54, 1.807) is 56.1 Å². The monoisotopic (exact) mass is 420 g/mol. The second-order valence-corrected chi connectivity index (χ2v) is 6.48. The van der Waals surface area contributed by atoms with Gasteiger partial charge in [0.2, 0.25) is 6.41 Å². The first kappa shape index (κ1) is 23.5. The van der Waals surface area contributed by atoms with Crippen molar-refractivity contribution in [2.24, 2.45) is 0 Å². The van der Waals surface area contributed by atoms with Crippen LogP contribution in [0.2, 0.25) is 0 Å². The SMILES string of the molecule is CC.Cc1ncccc1C(=O)c1c[nH]cc1/C=C\N(C=O)Cc1ncc(CCC=N)[nH]1. The summed E-state index contributed by atoms with van der Waals surface area (Å²) in [7, 11) is 0. The highest BCUT2D eigenvalue weighted by molar-refractivity contribution is 6.11. The lowest BCUT2D eigenvalue weighted by molar-refractivity contribution is -0.116. The summed E-state index contributed by atoms with van der Waals surface area (Å²) in [6.45, 7) is 6.07. The second-order valence-electron chi connectivity index (χ2n) is 6.48. The van der Waals surface area contributed by atoms with Crippen LogP contribution in [0.3, 0.4) is 0 Å². The molecule has 162 valence electrons. The molecule has 0 radical (unpaired) electrons. The molecule has 3 aromatic heterocycles. The first-order chi connectivity index (χ1) is 15.1.